The van der Waals surface area contributed by atoms with Gasteiger partial charge >= 0.3 is 0 Å². The maximum atomic E-state index is 12.4. The molecule has 0 spiro atoms. The number of morpholine rings is 1. The van der Waals surface area contributed by atoms with E-state index in [1.54, 1.807) is 11.3 Å². The zero-order valence-electron chi connectivity index (χ0n) is 12.8. The smallest absolute Gasteiger partial charge is 0.229 e. The third-order valence-corrected chi connectivity index (χ3v) is 6.15. The summed E-state index contributed by atoms with van der Waals surface area (Å²) in [4.78, 5) is 19.4. The number of amides is 1. The Morgan fingerprint density at radius 2 is 2.23 bits per heavy atom. The molecule has 0 aromatic carbocycles. The molecule has 6 heteroatoms. The van der Waals surface area contributed by atoms with Gasteiger partial charge in [0.25, 0.3) is 0 Å². The molecule has 1 aromatic heterocycles. The van der Waals surface area contributed by atoms with E-state index in [0.717, 1.165) is 56.0 Å². The lowest BCUT2D eigenvalue weighted by atomic mass is 9.88. The fourth-order valence-corrected chi connectivity index (χ4v) is 4.89. The van der Waals surface area contributed by atoms with E-state index in [1.165, 1.54) is 19.3 Å². The standard InChI is InChI=1S/C16H23N3O2S/c20-15(14-8-11-1-2-12(14)7-11)18-16-17-13(10-22-16)9-19-3-5-21-6-4-19/h10-12,14H,1-9H2,(H,17,18,20). The molecule has 2 aliphatic carbocycles. The van der Waals surface area contributed by atoms with E-state index in [4.69, 9.17) is 4.74 Å². The molecule has 2 saturated carbocycles. The summed E-state index contributed by atoms with van der Waals surface area (Å²) in [5.41, 5.74) is 1.05. The van der Waals surface area contributed by atoms with E-state index in [9.17, 15) is 4.79 Å². The molecule has 3 aliphatic rings. The third kappa shape index (κ3) is 3.05. The van der Waals surface area contributed by atoms with Crippen molar-refractivity contribution >= 4 is 22.4 Å². The van der Waals surface area contributed by atoms with Gasteiger partial charge in [-0.05, 0) is 31.1 Å². The molecule has 1 aromatic rings. The number of hydrogen-bond donors (Lipinski definition) is 1. The molecule has 3 unspecified atom stereocenters. The van der Waals surface area contributed by atoms with Gasteiger partial charge in [-0.15, -0.1) is 11.3 Å². The predicted octanol–water partition coefficient (Wildman–Crippen LogP) is 2.35. The highest BCUT2D eigenvalue weighted by atomic mass is 32.1. The van der Waals surface area contributed by atoms with Gasteiger partial charge in [0.2, 0.25) is 5.91 Å². The molecule has 120 valence electrons. The van der Waals surface area contributed by atoms with Crippen LogP contribution in [-0.4, -0.2) is 42.1 Å². The number of thiazole rings is 1. The molecular formula is C16H23N3O2S. The largest absolute Gasteiger partial charge is 0.379 e. The van der Waals surface area contributed by atoms with Crippen LogP contribution >= 0.6 is 11.3 Å². The van der Waals surface area contributed by atoms with E-state index in [0.29, 0.717) is 5.92 Å². The molecule has 5 nitrogen and oxygen atoms in total. The number of anilines is 1. The average molecular weight is 321 g/mol. The molecule has 22 heavy (non-hydrogen) atoms. The Morgan fingerprint density at radius 1 is 1.36 bits per heavy atom. The molecule has 0 radical (unpaired) electrons. The Bertz CT molecular complexity index is 541. The van der Waals surface area contributed by atoms with Crippen LogP contribution in [0, 0.1) is 17.8 Å². The second-order valence-electron chi connectivity index (χ2n) is 6.80. The number of hydrogen-bond acceptors (Lipinski definition) is 5. The average Bonchev–Trinajstić information content (AvgIpc) is 3.25. The van der Waals surface area contributed by atoms with Crippen LogP contribution in [0.1, 0.15) is 31.4 Å². The first-order valence-corrected chi connectivity index (χ1v) is 9.21. The lowest BCUT2D eigenvalue weighted by Crippen LogP contribution is -2.35. The molecule has 1 saturated heterocycles. The lowest BCUT2D eigenvalue weighted by molar-refractivity contribution is -0.121. The van der Waals surface area contributed by atoms with Gasteiger partial charge in [0.15, 0.2) is 5.13 Å². The summed E-state index contributed by atoms with van der Waals surface area (Å²) in [6.07, 6.45) is 4.92. The van der Waals surface area contributed by atoms with Gasteiger partial charge in [0.1, 0.15) is 0 Å². The minimum Gasteiger partial charge on any atom is -0.379 e. The summed E-state index contributed by atoms with van der Waals surface area (Å²) < 4.78 is 5.36. The molecule has 3 fully saturated rings. The van der Waals surface area contributed by atoms with Crippen molar-refractivity contribution in [2.45, 2.75) is 32.2 Å². The third-order valence-electron chi connectivity index (χ3n) is 5.35. The van der Waals surface area contributed by atoms with Crippen molar-refractivity contribution in [3.63, 3.8) is 0 Å². The van der Waals surface area contributed by atoms with Gasteiger partial charge in [-0.2, -0.15) is 0 Å². The van der Waals surface area contributed by atoms with Crippen LogP contribution in [0.2, 0.25) is 0 Å². The first kappa shape index (κ1) is 14.6. The molecule has 1 amide bonds. The monoisotopic (exact) mass is 321 g/mol. The lowest BCUT2D eigenvalue weighted by Gasteiger charge is -2.25. The molecule has 4 rings (SSSR count). The van der Waals surface area contributed by atoms with Gasteiger partial charge in [0.05, 0.1) is 18.9 Å². The number of nitrogens with zero attached hydrogens (tertiary/aromatic N) is 2. The van der Waals surface area contributed by atoms with Crippen LogP contribution in [0.15, 0.2) is 5.38 Å². The van der Waals surface area contributed by atoms with Gasteiger partial charge < -0.3 is 10.1 Å². The summed E-state index contributed by atoms with van der Waals surface area (Å²) >= 11 is 1.54. The number of fused-ring (bicyclic) bond motifs is 2. The molecule has 3 atom stereocenters. The summed E-state index contributed by atoms with van der Waals surface area (Å²) in [7, 11) is 0. The zero-order chi connectivity index (χ0) is 14.9. The highest BCUT2D eigenvalue weighted by Gasteiger charge is 2.43. The number of rotatable bonds is 4. The van der Waals surface area contributed by atoms with Crippen LogP contribution in [-0.2, 0) is 16.1 Å². The number of carbonyl (C=O) groups is 1. The second-order valence-corrected chi connectivity index (χ2v) is 7.66. The Labute approximate surface area is 135 Å². The van der Waals surface area contributed by atoms with Gasteiger partial charge in [-0.25, -0.2) is 4.98 Å². The van der Waals surface area contributed by atoms with Crippen LogP contribution < -0.4 is 5.32 Å². The number of carbonyl (C=O) groups excluding carboxylic acids is 1. The summed E-state index contributed by atoms with van der Waals surface area (Å²) in [6, 6.07) is 0. The van der Waals surface area contributed by atoms with Crippen LogP contribution in [0.5, 0.6) is 0 Å². The zero-order valence-corrected chi connectivity index (χ0v) is 13.6. The van der Waals surface area contributed by atoms with Gasteiger partial charge in [-0.1, -0.05) is 6.42 Å². The van der Waals surface area contributed by atoms with Crippen molar-refractivity contribution in [1.29, 1.82) is 0 Å². The normalized spacial score (nSPS) is 31.5. The molecule has 2 heterocycles. The van der Waals surface area contributed by atoms with Gasteiger partial charge in [-0.3, -0.25) is 9.69 Å². The molecule has 1 aliphatic heterocycles. The van der Waals surface area contributed by atoms with Crippen molar-refractivity contribution in [3.05, 3.63) is 11.1 Å². The summed E-state index contributed by atoms with van der Waals surface area (Å²) in [5, 5.41) is 5.87. The predicted molar refractivity (Wildman–Crippen MR) is 85.8 cm³/mol. The summed E-state index contributed by atoms with van der Waals surface area (Å²) in [6.45, 7) is 4.38. The van der Waals surface area contributed by atoms with Crippen molar-refractivity contribution in [3.8, 4) is 0 Å². The minimum absolute atomic E-state index is 0.194. The maximum Gasteiger partial charge on any atom is 0.229 e. The topological polar surface area (TPSA) is 54.5 Å². The quantitative estimate of drug-likeness (QED) is 0.925. The number of ether oxygens (including phenoxy) is 1. The van der Waals surface area contributed by atoms with Crippen LogP contribution in [0.25, 0.3) is 0 Å². The molecular weight excluding hydrogens is 298 g/mol. The Kier molecular flexibility index (Phi) is 4.15. The first-order valence-electron chi connectivity index (χ1n) is 8.33. The SMILES string of the molecule is O=C(Nc1nc(CN2CCOCC2)cs1)C1CC2CCC1C2. The highest BCUT2D eigenvalue weighted by molar-refractivity contribution is 7.13. The van der Waals surface area contributed by atoms with Crippen LogP contribution in [0.4, 0.5) is 5.13 Å². The number of nitrogens with one attached hydrogen (secondary N) is 1. The van der Waals surface area contributed by atoms with Crippen molar-refractivity contribution in [2.24, 2.45) is 17.8 Å². The minimum atomic E-state index is 0.194. The van der Waals surface area contributed by atoms with E-state index >= 15 is 0 Å². The fourth-order valence-electron chi connectivity index (χ4n) is 4.19. The van der Waals surface area contributed by atoms with Crippen LogP contribution in [0.3, 0.4) is 0 Å². The van der Waals surface area contributed by atoms with E-state index in [1.807, 2.05) is 0 Å². The maximum absolute atomic E-state index is 12.4. The molecule has 1 N–H and O–H groups in total. The Morgan fingerprint density at radius 3 is 2.95 bits per heavy atom. The van der Waals surface area contributed by atoms with E-state index in [-0.39, 0.29) is 11.8 Å². The van der Waals surface area contributed by atoms with Crippen molar-refractivity contribution < 1.29 is 9.53 Å². The summed E-state index contributed by atoms with van der Waals surface area (Å²) in [5.74, 6) is 1.84. The Hall–Kier alpha value is -0.980. The second kappa shape index (κ2) is 6.26. The first-order chi connectivity index (χ1) is 10.8. The van der Waals surface area contributed by atoms with Crippen molar-refractivity contribution in [1.82, 2.24) is 9.88 Å². The fraction of sp³-hybridized carbons (Fsp3) is 0.750. The highest BCUT2D eigenvalue weighted by Crippen LogP contribution is 2.48. The van der Waals surface area contributed by atoms with Gasteiger partial charge in [0, 0.05) is 30.9 Å². The Balaban J connectivity index is 1.32. The van der Waals surface area contributed by atoms with E-state index < -0.39 is 0 Å². The van der Waals surface area contributed by atoms with E-state index in [2.05, 4.69) is 20.6 Å². The van der Waals surface area contributed by atoms with Crippen molar-refractivity contribution in [2.75, 3.05) is 31.6 Å². The molecule has 2 bridgehead atoms. The number of aromatic nitrogens is 1.